The van der Waals surface area contributed by atoms with Crippen LogP contribution in [0.15, 0.2) is 35.7 Å². The van der Waals surface area contributed by atoms with Gasteiger partial charge in [0.15, 0.2) is 18.1 Å². The van der Waals surface area contributed by atoms with E-state index in [2.05, 4.69) is 5.32 Å². The van der Waals surface area contributed by atoms with Crippen molar-refractivity contribution in [3.63, 3.8) is 0 Å². The highest BCUT2D eigenvalue weighted by atomic mass is 32.1. The number of esters is 1. The Hall–Kier alpha value is -2.54. The van der Waals surface area contributed by atoms with E-state index >= 15 is 0 Å². The Bertz CT molecular complexity index is 714. The molecule has 0 saturated carbocycles. The van der Waals surface area contributed by atoms with Crippen LogP contribution in [0.3, 0.4) is 0 Å². The molecule has 1 aromatic carbocycles. The summed E-state index contributed by atoms with van der Waals surface area (Å²) in [5, 5.41) is 4.51. The molecule has 0 atom stereocenters. The van der Waals surface area contributed by atoms with E-state index in [4.69, 9.17) is 14.2 Å². The van der Waals surface area contributed by atoms with E-state index in [9.17, 15) is 9.59 Å². The van der Waals surface area contributed by atoms with Crippen molar-refractivity contribution in [2.45, 2.75) is 6.42 Å². The van der Waals surface area contributed by atoms with Crippen LogP contribution >= 0.6 is 11.3 Å². The maximum Gasteiger partial charge on any atom is 0.348 e. The van der Waals surface area contributed by atoms with Crippen LogP contribution in [0, 0.1) is 0 Å². The number of rotatable bonds is 6. The first-order valence-corrected chi connectivity index (χ1v) is 8.46. The molecule has 1 aromatic heterocycles. The lowest BCUT2D eigenvalue weighted by Gasteiger charge is -2.18. The minimum absolute atomic E-state index is 0.280. The second kappa shape index (κ2) is 7.83. The smallest absolute Gasteiger partial charge is 0.348 e. The van der Waals surface area contributed by atoms with Gasteiger partial charge in [0.2, 0.25) is 0 Å². The number of carbonyl (C=O) groups is 2. The van der Waals surface area contributed by atoms with Gasteiger partial charge in [-0.25, -0.2) is 4.79 Å². The maximum absolute atomic E-state index is 11.7. The number of thiophene rings is 1. The van der Waals surface area contributed by atoms with Crippen LogP contribution in [0.4, 0.5) is 0 Å². The van der Waals surface area contributed by atoms with Gasteiger partial charge >= 0.3 is 5.97 Å². The van der Waals surface area contributed by atoms with E-state index in [-0.39, 0.29) is 12.5 Å². The van der Waals surface area contributed by atoms with E-state index < -0.39 is 5.97 Å². The molecule has 0 fully saturated rings. The van der Waals surface area contributed by atoms with Crippen LogP contribution < -0.4 is 14.8 Å². The molecule has 1 N–H and O–H groups in total. The second-order valence-corrected chi connectivity index (χ2v) is 6.08. The van der Waals surface area contributed by atoms with Gasteiger partial charge in [-0.3, -0.25) is 4.79 Å². The lowest BCUT2D eigenvalue weighted by molar-refractivity contribution is -0.124. The van der Waals surface area contributed by atoms with Gasteiger partial charge in [-0.2, -0.15) is 0 Å². The Morgan fingerprint density at radius 2 is 2.00 bits per heavy atom. The van der Waals surface area contributed by atoms with Crippen molar-refractivity contribution >= 4 is 23.2 Å². The summed E-state index contributed by atoms with van der Waals surface area (Å²) in [5.41, 5.74) is 1.04. The molecule has 0 aliphatic carbocycles. The Morgan fingerprint density at radius 1 is 1.17 bits per heavy atom. The van der Waals surface area contributed by atoms with Crippen molar-refractivity contribution in [3.8, 4) is 11.5 Å². The average molecular weight is 347 g/mol. The third-order valence-electron chi connectivity index (χ3n) is 3.40. The first-order valence-electron chi connectivity index (χ1n) is 7.58. The Kier molecular flexibility index (Phi) is 5.32. The standard InChI is InChI=1S/C17H17NO5S/c19-16(11-23-17(20)15-2-1-9-24-15)18-6-5-12-3-4-13-14(10-12)22-8-7-21-13/h1-4,9-10H,5-8,11H2,(H,18,19). The summed E-state index contributed by atoms with van der Waals surface area (Å²) in [6.07, 6.45) is 0.654. The minimum Gasteiger partial charge on any atom is -0.486 e. The quantitative estimate of drug-likeness (QED) is 0.810. The van der Waals surface area contributed by atoms with Gasteiger partial charge in [-0.1, -0.05) is 12.1 Å². The zero-order valence-electron chi connectivity index (χ0n) is 12.9. The summed E-state index contributed by atoms with van der Waals surface area (Å²) in [6.45, 7) is 1.28. The highest BCUT2D eigenvalue weighted by Gasteiger charge is 2.12. The van der Waals surface area contributed by atoms with E-state index in [0.717, 1.165) is 17.1 Å². The van der Waals surface area contributed by atoms with Crippen molar-refractivity contribution in [2.24, 2.45) is 0 Å². The molecular formula is C17H17NO5S. The van der Waals surface area contributed by atoms with E-state index in [1.165, 1.54) is 11.3 Å². The van der Waals surface area contributed by atoms with E-state index in [1.807, 2.05) is 18.2 Å². The fraction of sp³-hybridized carbons (Fsp3) is 0.294. The normalized spacial score (nSPS) is 12.5. The summed E-state index contributed by atoms with van der Waals surface area (Å²) < 4.78 is 15.9. The number of hydrogen-bond donors (Lipinski definition) is 1. The first kappa shape index (κ1) is 16.3. The van der Waals surface area contributed by atoms with Crippen molar-refractivity contribution in [2.75, 3.05) is 26.4 Å². The minimum atomic E-state index is -0.480. The van der Waals surface area contributed by atoms with E-state index in [1.54, 1.807) is 17.5 Å². The van der Waals surface area contributed by atoms with Crippen LogP contribution in [0.2, 0.25) is 0 Å². The topological polar surface area (TPSA) is 73.9 Å². The molecular weight excluding hydrogens is 330 g/mol. The van der Waals surface area contributed by atoms with Crippen LogP contribution in [0.25, 0.3) is 0 Å². The predicted molar refractivity (Wildman–Crippen MR) is 88.7 cm³/mol. The van der Waals surface area contributed by atoms with Crippen molar-refractivity contribution in [3.05, 3.63) is 46.2 Å². The Labute approximate surface area is 143 Å². The number of benzene rings is 1. The molecule has 2 heterocycles. The van der Waals surface area contributed by atoms with Gasteiger partial charge in [0, 0.05) is 6.54 Å². The summed E-state index contributed by atoms with van der Waals surface area (Å²) in [4.78, 5) is 23.8. The lowest BCUT2D eigenvalue weighted by atomic mass is 10.1. The molecule has 1 aliphatic rings. The molecule has 0 unspecified atom stereocenters. The van der Waals surface area contributed by atoms with Gasteiger partial charge < -0.3 is 19.5 Å². The predicted octanol–water partition coefficient (Wildman–Crippen LogP) is 2.04. The van der Waals surface area contributed by atoms with Gasteiger partial charge in [-0.05, 0) is 35.6 Å². The number of amides is 1. The SMILES string of the molecule is O=C(COC(=O)c1cccs1)NCCc1ccc2c(c1)OCCO2. The van der Waals surface area contributed by atoms with Gasteiger partial charge in [-0.15, -0.1) is 11.3 Å². The lowest BCUT2D eigenvalue weighted by Crippen LogP contribution is -2.30. The second-order valence-electron chi connectivity index (χ2n) is 5.13. The van der Waals surface area contributed by atoms with Crippen LogP contribution in [0.1, 0.15) is 15.2 Å². The van der Waals surface area contributed by atoms with Crippen LogP contribution in [-0.2, 0) is 16.0 Å². The van der Waals surface area contributed by atoms with Gasteiger partial charge in [0.1, 0.15) is 18.1 Å². The molecule has 0 bridgehead atoms. The number of carbonyl (C=O) groups excluding carboxylic acids is 2. The molecule has 7 heteroatoms. The highest BCUT2D eigenvalue weighted by molar-refractivity contribution is 7.11. The molecule has 1 aliphatic heterocycles. The third kappa shape index (κ3) is 4.26. The molecule has 6 nitrogen and oxygen atoms in total. The van der Waals surface area contributed by atoms with Crippen molar-refractivity contribution in [1.82, 2.24) is 5.32 Å². The Balaban J connectivity index is 1.40. The van der Waals surface area contributed by atoms with Gasteiger partial charge in [0.05, 0.1) is 0 Å². The van der Waals surface area contributed by atoms with Crippen molar-refractivity contribution in [1.29, 1.82) is 0 Å². The number of fused-ring (bicyclic) bond motifs is 1. The summed E-state index contributed by atoms with van der Waals surface area (Å²) in [7, 11) is 0. The molecule has 2 aromatic rings. The third-order valence-corrected chi connectivity index (χ3v) is 4.25. The number of nitrogens with one attached hydrogen (secondary N) is 1. The fourth-order valence-corrected chi connectivity index (χ4v) is 2.85. The fourth-order valence-electron chi connectivity index (χ4n) is 2.24. The first-order chi connectivity index (χ1) is 11.7. The molecule has 3 rings (SSSR count). The van der Waals surface area contributed by atoms with Gasteiger partial charge in [0.25, 0.3) is 5.91 Å². The van der Waals surface area contributed by atoms with Crippen LogP contribution in [-0.4, -0.2) is 38.2 Å². The van der Waals surface area contributed by atoms with E-state index in [0.29, 0.717) is 31.1 Å². The van der Waals surface area contributed by atoms with Crippen molar-refractivity contribution < 1.29 is 23.8 Å². The Morgan fingerprint density at radius 3 is 2.79 bits per heavy atom. The summed E-state index contributed by atoms with van der Waals surface area (Å²) in [5.74, 6) is 0.675. The number of ether oxygens (including phenoxy) is 3. The zero-order valence-corrected chi connectivity index (χ0v) is 13.8. The maximum atomic E-state index is 11.7. The largest absolute Gasteiger partial charge is 0.486 e. The molecule has 0 spiro atoms. The molecule has 0 saturated heterocycles. The monoisotopic (exact) mass is 347 g/mol. The number of hydrogen-bond acceptors (Lipinski definition) is 6. The van der Waals surface area contributed by atoms with Crippen LogP contribution in [0.5, 0.6) is 11.5 Å². The highest BCUT2D eigenvalue weighted by Crippen LogP contribution is 2.30. The molecule has 1 amide bonds. The molecule has 24 heavy (non-hydrogen) atoms. The molecule has 126 valence electrons. The summed E-state index contributed by atoms with van der Waals surface area (Å²) >= 11 is 1.28. The molecule has 0 radical (unpaired) electrons. The summed E-state index contributed by atoms with van der Waals surface area (Å²) in [6, 6.07) is 9.14. The zero-order chi connectivity index (χ0) is 16.8. The average Bonchev–Trinajstić information content (AvgIpc) is 3.14.